The van der Waals surface area contributed by atoms with E-state index in [0.29, 0.717) is 22.3 Å². The van der Waals surface area contributed by atoms with Gasteiger partial charge in [0.15, 0.2) is 0 Å². The molecule has 1 aromatic carbocycles. The van der Waals surface area contributed by atoms with Crippen molar-refractivity contribution >= 4 is 31.6 Å². The number of rotatable bonds is 5. The lowest BCUT2D eigenvalue weighted by Gasteiger charge is -2.21. The Labute approximate surface area is 122 Å². The van der Waals surface area contributed by atoms with E-state index in [4.69, 9.17) is 5.73 Å². The summed E-state index contributed by atoms with van der Waals surface area (Å²) >= 11 is 3.31. The molecule has 1 aromatic rings. The van der Waals surface area contributed by atoms with Crippen LogP contribution in [0.3, 0.4) is 0 Å². The van der Waals surface area contributed by atoms with Crippen LogP contribution in [-0.4, -0.2) is 25.3 Å². The largest absolute Gasteiger partial charge is 0.398 e. The molecule has 2 N–H and O–H groups in total. The molecule has 1 saturated carbocycles. The molecule has 6 heteroatoms. The van der Waals surface area contributed by atoms with Crippen molar-refractivity contribution in [1.82, 2.24) is 4.31 Å². The topological polar surface area (TPSA) is 63.4 Å². The highest BCUT2D eigenvalue weighted by Crippen LogP contribution is 2.34. The van der Waals surface area contributed by atoms with Crippen LogP contribution in [0.5, 0.6) is 0 Å². The molecule has 0 aliphatic heterocycles. The van der Waals surface area contributed by atoms with Crippen molar-refractivity contribution in [3.63, 3.8) is 0 Å². The van der Waals surface area contributed by atoms with Crippen LogP contribution in [0.15, 0.2) is 34.2 Å². The Morgan fingerprint density at radius 1 is 1.53 bits per heavy atom. The highest BCUT2D eigenvalue weighted by atomic mass is 79.9. The van der Waals surface area contributed by atoms with E-state index in [-0.39, 0.29) is 10.9 Å². The fraction of sp³-hybridized carbons (Fsp3) is 0.385. The quantitative estimate of drug-likeness (QED) is 0.659. The van der Waals surface area contributed by atoms with Crippen LogP contribution in [0, 0.1) is 6.92 Å². The Morgan fingerprint density at radius 3 is 2.68 bits per heavy atom. The van der Waals surface area contributed by atoms with Crippen LogP contribution in [0.4, 0.5) is 5.69 Å². The number of hydrogen-bond acceptors (Lipinski definition) is 3. The number of nitrogens with two attached hydrogens (primary N) is 1. The smallest absolute Gasteiger partial charge is 0.243 e. The molecule has 0 spiro atoms. The molecule has 0 saturated heterocycles. The molecule has 0 unspecified atom stereocenters. The Hall–Kier alpha value is -0.850. The normalized spacial score (nSPS) is 15.7. The second-order valence-corrected chi connectivity index (χ2v) is 7.45. The maximum absolute atomic E-state index is 12.7. The molecule has 104 valence electrons. The van der Waals surface area contributed by atoms with E-state index in [1.807, 2.05) is 0 Å². The maximum atomic E-state index is 12.7. The lowest BCUT2D eigenvalue weighted by molar-refractivity contribution is 0.435. The van der Waals surface area contributed by atoms with Gasteiger partial charge >= 0.3 is 0 Å². The molecule has 0 aromatic heterocycles. The second kappa shape index (κ2) is 5.26. The van der Waals surface area contributed by atoms with Crippen molar-refractivity contribution in [1.29, 1.82) is 0 Å². The van der Waals surface area contributed by atoms with Crippen LogP contribution in [0.25, 0.3) is 0 Å². The minimum Gasteiger partial charge on any atom is -0.398 e. The van der Waals surface area contributed by atoms with Gasteiger partial charge in [0.1, 0.15) is 0 Å². The zero-order valence-electron chi connectivity index (χ0n) is 10.8. The predicted molar refractivity (Wildman–Crippen MR) is 80.4 cm³/mol. The first-order chi connectivity index (χ1) is 8.87. The first kappa shape index (κ1) is 14.6. The second-order valence-electron chi connectivity index (χ2n) is 4.73. The van der Waals surface area contributed by atoms with Gasteiger partial charge in [-0.3, -0.25) is 0 Å². The monoisotopic (exact) mass is 344 g/mol. The third-order valence-corrected chi connectivity index (χ3v) is 5.89. The van der Waals surface area contributed by atoms with E-state index >= 15 is 0 Å². The molecule has 4 nitrogen and oxygen atoms in total. The standard InChI is InChI=1S/C13H17BrN2O2S/c1-3-6-16(10-4-5-10)19(17,18)13-8-12(15)11(14)7-9(13)2/h3,7-8,10H,1,4-6,15H2,2H3. The van der Waals surface area contributed by atoms with Crippen LogP contribution in [0.2, 0.25) is 0 Å². The highest BCUT2D eigenvalue weighted by Gasteiger charge is 2.38. The van der Waals surface area contributed by atoms with Gasteiger partial charge in [-0.15, -0.1) is 6.58 Å². The lowest BCUT2D eigenvalue weighted by atomic mass is 10.2. The zero-order chi connectivity index (χ0) is 14.2. The van der Waals surface area contributed by atoms with Crippen LogP contribution in [-0.2, 0) is 10.0 Å². The third kappa shape index (κ3) is 2.85. The van der Waals surface area contributed by atoms with Crippen LogP contribution < -0.4 is 5.73 Å². The number of benzene rings is 1. The van der Waals surface area contributed by atoms with Crippen molar-refractivity contribution in [2.45, 2.75) is 30.7 Å². The third-order valence-electron chi connectivity index (χ3n) is 3.14. The summed E-state index contributed by atoms with van der Waals surface area (Å²) in [6, 6.07) is 3.36. The number of sulfonamides is 1. The van der Waals surface area contributed by atoms with Gasteiger partial charge in [-0.05, 0) is 53.4 Å². The molecule has 19 heavy (non-hydrogen) atoms. The average Bonchev–Trinajstić information content (AvgIpc) is 3.14. The van der Waals surface area contributed by atoms with Gasteiger partial charge in [0.2, 0.25) is 10.0 Å². The summed E-state index contributed by atoms with van der Waals surface area (Å²) in [6.07, 6.45) is 3.45. The first-order valence-electron chi connectivity index (χ1n) is 6.06. The van der Waals surface area contributed by atoms with Gasteiger partial charge in [0.05, 0.1) is 4.90 Å². The van der Waals surface area contributed by atoms with Crippen molar-refractivity contribution in [2.24, 2.45) is 0 Å². The van der Waals surface area contributed by atoms with Crippen molar-refractivity contribution < 1.29 is 8.42 Å². The van der Waals surface area contributed by atoms with Crippen LogP contribution in [0.1, 0.15) is 18.4 Å². The fourth-order valence-electron chi connectivity index (χ4n) is 2.01. The highest BCUT2D eigenvalue weighted by molar-refractivity contribution is 9.10. The van der Waals surface area contributed by atoms with Crippen molar-refractivity contribution in [2.75, 3.05) is 12.3 Å². The molecule has 1 aliphatic rings. The molecular weight excluding hydrogens is 328 g/mol. The number of hydrogen-bond donors (Lipinski definition) is 1. The number of nitrogen functional groups attached to an aromatic ring is 1. The van der Waals surface area contributed by atoms with E-state index in [2.05, 4.69) is 22.5 Å². The van der Waals surface area contributed by atoms with E-state index in [0.717, 1.165) is 12.8 Å². The average molecular weight is 345 g/mol. The molecule has 0 amide bonds. The molecule has 1 fully saturated rings. The van der Waals surface area contributed by atoms with E-state index < -0.39 is 10.0 Å². The zero-order valence-corrected chi connectivity index (χ0v) is 13.2. The number of nitrogens with zero attached hydrogens (tertiary/aromatic N) is 1. The predicted octanol–water partition coefficient (Wildman–Crippen LogP) is 2.68. The molecular formula is C13H17BrN2O2S. The fourth-order valence-corrected chi connectivity index (χ4v) is 4.36. The van der Waals surface area contributed by atoms with Crippen molar-refractivity contribution in [3.8, 4) is 0 Å². The molecule has 0 bridgehead atoms. The van der Waals surface area contributed by atoms with Gasteiger partial charge in [-0.1, -0.05) is 6.08 Å². The lowest BCUT2D eigenvalue weighted by Crippen LogP contribution is -2.33. The summed E-state index contributed by atoms with van der Waals surface area (Å²) in [6.45, 7) is 5.74. The molecule has 2 rings (SSSR count). The molecule has 0 atom stereocenters. The summed E-state index contributed by atoms with van der Waals surface area (Å²) in [4.78, 5) is 0.280. The summed E-state index contributed by atoms with van der Waals surface area (Å²) < 4.78 is 27.6. The summed E-state index contributed by atoms with van der Waals surface area (Å²) in [5.41, 5.74) is 6.92. The van der Waals surface area contributed by atoms with Gasteiger partial charge in [0.25, 0.3) is 0 Å². The Bertz CT molecular complexity index is 609. The Morgan fingerprint density at radius 2 is 2.16 bits per heavy atom. The van der Waals surface area contributed by atoms with Gasteiger partial charge < -0.3 is 5.73 Å². The Kier molecular flexibility index (Phi) is 4.03. The van der Waals surface area contributed by atoms with E-state index in [1.54, 1.807) is 19.1 Å². The van der Waals surface area contributed by atoms with Gasteiger partial charge in [-0.25, -0.2) is 8.42 Å². The maximum Gasteiger partial charge on any atom is 0.243 e. The van der Waals surface area contributed by atoms with E-state index in [1.165, 1.54) is 10.4 Å². The van der Waals surface area contributed by atoms with E-state index in [9.17, 15) is 8.42 Å². The number of anilines is 1. The molecule has 1 aliphatic carbocycles. The number of aryl methyl sites for hydroxylation is 1. The number of halogens is 1. The minimum absolute atomic E-state index is 0.104. The summed E-state index contributed by atoms with van der Waals surface area (Å²) in [5, 5.41) is 0. The first-order valence-corrected chi connectivity index (χ1v) is 8.29. The molecule has 0 radical (unpaired) electrons. The van der Waals surface area contributed by atoms with Gasteiger partial charge in [-0.2, -0.15) is 4.31 Å². The summed E-state index contributed by atoms with van der Waals surface area (Å²) in [5.74, 6) is 0. The Balaban J connectivity index is 2.48. The van der Waals surface area contributed by atoms with Crippen LogP contribution >= 0.6 is 15.9 Å². The molecule has 0 heterocycles. The van der Waals surface area contributed by atoms with Crippen molar-refractivity contribution in [3.05, 3.63) is 34.8 Å². The SMILES string of the molecule is C=CCN(C1CC1)S(=O)(=O)c1cc(N)c(Br)cc1C. The van der Waals surface area contributed by atoms with Gasteiger partial charge in [0, 0.05) is 22.7 Å². The summed E-state index contributed by atoms with van der Waals surface area (Å²) in [7, 11) is -3.51. The minimum atomic E-state index is -3.51.